The lowest BCUT2D eigenvalue weighted by Crippen LogP contribution is -2.20. The average molecular weight is 419 g/mol. The van der Waals surface area contributed by atoms with Crippen molar-refractivity contribution in [2.75, 3.05) is 10.6 Å². The second kappa shape index (κ2) is 8.30. The Kier molecular flexibility index (Phi) is 6.05. The minimum Gasteiger partial charge on any atom is -0.332 e. The number of rotatable bonds is 4. The highest BCUT2D eigenvalue weighted by molar-refractivity contribution is 7.80. The van der Waals surface area contributed by atoms with Crippen molar-refractivity contribution in [2.45, 2.75) is 27.3 Å². The molecule has 1 aromatic heterocycles. The van der Waals surface area contributed by atoms with Gasteiger partial charge in [0.25, 0.3) is 0 Å². The molecule has 2 aromatic carbocycles. The van der Waals surface area contributed by atoms with Gasteiger partial charge >= 0.3 is 0 Å². The number of aromatic nitrogens is 2. The van der Waals surface area contributed by atoms with E-state index in [1.165, 1.54) is 11.1 Å². The summed E-state index contributed by atoms with van der Waals surface area (Å²) in [7, 11) is 0. The number of nitrogens with one attached hydrogen (secondary N) is 2. The highest BCUT2D eigenvalue weighted by Gasteiger charge is 2.09. The molecule has 0 aliphatic heterocycles. The van der Waals surface area contributed by atoms with E-state index in [0.29, 0.717) is 27.5 Å². The van der Waals surface area contributed by atoms with Crippen molar-refractivity contribution in [3.05, 3.63) is 74.9 Å². The monoisotopic (exact) mass is 418 g/mol. The number of nitrogens with zero attached hydrogens (tertiary/aromatic N) is 2. The van der Waals surface area contributed by atoms with Crippen LogP contribution in [0.5, 0.6) is 0 Å². The first-order valence-electron chi connectivity index (χ1n) is 8.46. The van der Waals surface area contributed by atoms with E-state index in [-0.39, 0.29) is 0 Å². The number of hydrogen-bond acceptors (Lipinski definition) is 2. The zero-order valence-electron chi connectivity index (χ0n) is 15.3. The molecular formula is C20H20Cl2N4S. The molecule has 3 aromatic rings. The molecule has 1 heterocycles. The van der Waals surface area contributed by atoms with Crippen LogP contribution in [-0.4, -0.2) is 14.9 Å². The molecule has 0 spiro atoms. The molecule has 3 rings (SSSR count). The Labute approximate surface area is 174 Å². The number of halogens is 2. The van der Waals surface area contributed by atoms with E-state index in [1.54, 1.807) is 6.07 Å². The Morgan fingerprint density at radius 2 is 1.81 bits per heavy atom. The molecule has 0 bridgehead atoms. The molecule has 0 unspecified atom stereocenters. The maximum absolute atomic E-state index is 6.10. The third-order valence-corrected chi connectivity index (χ3v) is 5.34. The highest BCUT2D eigenvalue weighted by Crippen LogP contribution is 2.23. The summed E-state index contributed by atoms with van der Waals surface area (Å²) in [4.78, 5) is 0. The molecule has 0 saturated carbocycles. The fourth-order valence-corrected chi connectivity index (χ4v) is 3.23. The molecule has 0 atom stereocenters. The van der Waals surface area contributed by atoms with E-state index in [9.17, 15) is 0 Å². The minimum absolute atomic E-state index is 0.503. The largest absolute Gasteiger partial charge is 0.332 e. The number of aryl methyl sites for hydroxylation is 2. The third kappa shape index (κ3) is 4.80. The van der Waals surface area contributed by atoms with Gasteiger partial charge in [-0.1, -0.05) is 41.4 Å². The number of thiocarbonyl (C=S) groups is 1. The van der Waals surface area contributed by atoms with Crippen LogP contribution >= 0.6 is 35.4 Å². The molecule has 0 saturated heterocycles. The predicted octanol–water partition coefficient (Wildman–Crippen LogP) is 5.97. The van der Waals surface area contributed by atoms with Crippen LogP contribution in [0.25, 0.3) is 0 Å². The normalized spacial score (nSPS) is 10.7. The maximum Gasteiger partial charge on any atom is 0.176 e. The maximum atomic E-state index is 6.10. The van der Waals surface area contributed by atoms with E-state index < -0.39 is 0 Å². The molecule has 0 fully saturated rings. The zero-order chi connectivity index (χ0) is 19.6. The van der Waals surface area contributed by atoms with E-state index in [0.717, 1.165) is 16.9 Å². The summed E-state index contributed by atoms with van der Waals surface area (Å²) in [6.45, 7) is 6.74. The van der Waals surface area contributed by atoms with Gasteiger partial charge in [0.15, 0.2) is 10.9 Å². The lowest BCUT2D eigenvalue weighted by molar-refractivity contribution is 0.668. The van der Waals surface area contributed by atoms with E-state index in [4.69, 9.17) is 35.4 Å². The smallest absolute Gasteiger partial charge is 0.176 e. The lowest BCUT2D eigenvalue weighted by Gasteiger charge is -2.12. The van der Waals surface area contributed by atoms with Crippen LogP contribution in [0.3, 0.4) is 0 Å². The predicted molar refractivity (Wildman–Crippen MR) is 118 cm³/mol. The van der Waals surface area contributed by atoms with Gasteiger partial charge in [-0.3, -0.25) is 4.68 Å². The third-order valence-electron chi connectivity index (χ3n) is 4.39. The first-order valence-corrected chi connectivity index (χ1v) is 9.62. The van der Waals surface area contributed by atoms with Gasteiger partial charge in [0.05, 0.1) is 16.6 Å². The van der Waals surface area contributed by atoms with Crippen molar-refractivity contribution in [3.8, 4) is 0 Å². The number of anilines is 2. The van der Waals surface area contributed by atoms with Gasteiger partial charge in [0, 0.05) is 17.4 Å². The van der Waals surface area contributed by atoms with Gasteiger partial charge in [0.2, 0.25) is 0 Å². The Bertz CT molecular complexity index is 998. The molecular weight excluding hydrogens is 399 g/mol. The van der Waals surface area contributed by atoms with Gasteiger partial charge < -0.3 is 10.6 Å². The summed E-state index contributed by atoms with van der Waals surface area (Å²) < 4.78 is 1.89. The summed E-state index contributed by atoms with van der Waals surface area (Å²) in [6.07, 6.45) is 0. The van der Waals surface area contributed by atoms with Crippen LogP contribution < -0.4 is 10.6 Å². The van der Waals surface area contributed by atoms with Gasteiger partial charge in [-0.25, -0.2) is 0 Å². The molecule has 27 heavy (non-hydrogen) atoms. The first-order chi connectivity index (χ1) is 12.8. The molecule has 2 N–H and O–H groups in total. The summed E-state index contributed by atoms with van der Waals surface area (Å²) >= 11 is 17.5. The summed E-state index contributed by atoms with van der Waals surface area (Å²) in [5, 5.41) is 12.5. The SMILES string of the molecule is Cc1cccc(NC(=S)Nc2cc(C)n(Cc3ccc(Cl)c(Cl)c3)n2)c1C. The van der Waals surface area contributed by atoms with Crippen molar-refractivity contribution < 1.29 is 0 Å². The van der Waals surface area contributed by atoms with E-state index in [1.807, 2.05) is 41.9 Å². The molecule has 7 heteroatoms. The summed E-state index contributed by atoms with van der Waals surface area (Å²) in [5.41, 5.74) is 5.41. The number of hydrogen-bond donors (Lipinski definition) is 2. The van der Waals surface area contributed by atoms with Crippen LogP contribution in [-0.2, 0) is 6.54 Å². The molecule has 0 aliphatic carbocycles. The molecule has 140 valence electrons. The molecule has 0 radical (unpaired) electrons. The van der Waals surface area contributed by atoms with Gasteiger partial charge in [-0.2, -0.15) is 5.10 Å². The van der Waals surface area contributed by atoms with Crippen molar-refractivity contribution >= 4 is 52.0 Å². The topological polar surface area (TPSA) is 41.9 Å². The fourth-order valence-electron chi connectivity index (χ4n) is 2.70. The van der Waals surface area contributed by atoms with E-state index in [2.05, 4.69) is 35.6 Å². The minimum atomic E-state index is 0.503. The summed E-state index contributed by atoms with van der Waals surface area (Å²) in [6, 6.07) is 13.6. The van der Waals surface area contributed by atoms with Gasteiger partial charge in [0.1, 0.15) is 0 Å². The standard InChI is InChI=1S/C20H20Cl2N4S/c1-12-5-4-6-18(14(12)3)23-20(27)24-19-9-13(2)26(25-19)11-15-7-8-16(21)17(22)10-15/h4-10H,11H2,1-3H3,(H2,23,24,25,27). The van der Waals surface area contributed by atoms with Crippen molar-refractivity contribution in [3.63, 3.8) is 0 Å². The first kappa shape index (κ1) is 19.7. The Balaban J connectivity index is 1.69. The Hall–Kier alpha value is -2.08. The van der Waals surface area contributed by atoms with Gasteiger partial charge in [-0.05, 0) is 67.9 Å². The van der Waals surface area contributed by atoms with Crippen LogP contribution in [0, 0.1) is 20.8 Å². The van der Waals surface area contributed by atoms with E-state index >= 15 is 0 Å². The van der Waals surface area contributed by atoms with Crippen LogP contribution in [0.1, 0.15) is 22.4 Å². The quantitative estimate of drug-likeness (QED) is 0.511. The number of benzene rings is 2. The molecule has 4 nitrogen and oxygen atoms in total. The molecule has 0 aliphatic rings. The van der Waals surface area contributed by atoms with Crippen LogP contribution in [0.4, 0.5) is 11.5 Å². The molecule has 0 amide bonds. The second-order valence-corrected chi connectivity index (χ2v) is 7.63. The second-order valence-electron chi connectivity index (χ2n) is 6.40. The van der Waals surface area contributed by atoms with Gasteiger partial charge in [-0.15, -0.1) is 0 Å². The summed E-state index contributed by atoms with van der Waals surface area (Å²) in [5.74, 6) is 0.690. The highest BCUT2D eigenvalue weighted by atomic mass is 35.5. The Morgan fingerprint density at radius 3 is 2.56 bits per heavy atom. The van der Waals surface area contributed by atoms with Crippen molar-refractivity contribution in [1.82, 2.24) is 9.78 Å². The average Bonchev–Trinajstić information content (AvgIpc) is 2.94. The van der Waals surface area contributed by atoms with Crippen LogP contribution in [0.15, 0.2) is 42.5 Å². The van der Waals surface area contributed by atoms with Crippen LogP contribution in [0.2, 0.25) is 10.0 Å². The van der Waals surface area contributed by atoms with Crippen molar-refractivity contribution in [2.24, 2.45) is 0 Å². The fraction of sp³-hybridized carbons (Fsp3) is 0.200. The lowest BCUT2D eigenvalue weighted by atomic mass is 10.1. The van der Waals surface area contributed by atoms with Crippen molar-refractivity contribution in [1.29, 1.82) is 0 Å². The Morgan fingerprint density at radius 1 is 1.04 bits per heavy atom. The zero-order valence-corrected chi connectivity index (χ0v) is 17.6.